The second-order valence-corrected chi connectivity index (χ2v) is 3.79. The van der Waals surface area contributed by atoms with Crippen molar-refractivity contribution in [3.63, 3.8) is 0 Å². The summed E-state index contributed by atoms with van der Waals surface area (Å²) in [7, 11) is 0. The molecule has 15 heavy (non-hydrogen) atoms. The normalized spacial score (nSPS) is 21.5. The topological polar surface area (TPSA) is 83.1 Å². The Labute approximate surface area is 90.1 Å². The van der Waals surface area contributed by atoms with Gasteiger partial charge in [0, 0.05) is 25.7 Å². The molecule has 4 N–H and O–H groups in total. The Morgan fingerprint density at radius 3 is 2.87 bits per heavy atom. The van der Waals surface area contributed by atoms with E-state index in [9.17, 15) is 0 Å². The maximum absolute atomic E-state index is 8.37. The highest BCUT2D eigenvalue weighted by molar-refractivity contribution is 5.81. The van der Waals surface area contributed by atoms with Gasteiger partial charge in [-0.3, -0.25) is 4.90 Å². The predicted octanol–water partition coefficient (Wildman–Crippen LogP) is -0.957. The molecular weight excluding hydrogens is 196 g/mol. The molecule has 0 spiro atoms. The third-order valence-electron chi connectivity index (χ3n) is 2.40. The van der Waals surface area contributed by atoms with E-state index in [0.29, 0.717) is 12.6 Å². The molecule has 1 aliphatic heterocycles. The van der Waals surface area contributed by atoms with Crippen LogP contribution < -0.4 is 11.1 Å². The van der Waals surface area contributed by atoms with E-state index >= 15 is 0 Å². The van der Waals surface area contributed by atoms with Crippen molar-refractivity contribution in [2.45, 2.75) is 13.0 Å². The molecule has 1 unspecified atom stereocenters. The smallest absolute Gasteiger partial charge is 0.153 e. The van der Waals surface area contributed by atoms with Gasteiger partial charge in [0.25, 0.3) is 0 Å². The maximum atomic E-state index is 8.37. The van der Waals surface area contributed by atoms with Gasteiger partial charge in [-0.1, -0.05) is 5.16 Å². The Morgan fingerprint density at radius 2 is 2.27 bits per heavy atom. The van der Waals surface area contributed by atoms with Crippen LogP contribution in [0.5, 0.6) is 0 Å². The van der Waals surface area contributed by atoms with Crippen LogP contribution in [0.25, 0.3) is 0 Å². The van der Waals surface area contributed by atoms with Gasteiger partial charge >= 0.3 is 0 Å². The van der Waals surface area contributed by atoms with Gasteiger partial charge in [-0.2, -0.15) is 0 Å². The number of amidine groups is 1. The van der Waals surface area contributed by atoms with Gasteiger partial charge in [0.1, 0.15) is 0 Å². The predicted molar refractivity (Wildman–Crippen MR) is 58.1 cm³/mol. The molecule has 1 atom stereocenters. The molecule has 1 saturated heterocycles. The zero-order valence-electron chi connectivity index (χ0n) is 9.15. The van der Waals surface area contributed by atoms with Crippen LogP contribution in [0.1, 0.15) is 6.92 Å². The van der Waals surface area contributed by atoms with Gasteiger partial charge in [-0.05, 0) is 6.92 Å². The van der Waals surface area contributed by atoms with E-state index in [-0.39, 0.29) is 5.84 Å². The average molecular weight is 216 g/mol. The van der Waals surface area contributed by atoms with Crippen LogP contribution in [0.3, 0.4) is 0 Å². The van der Waals surface area contributed by atoms with Gasteiger partial charge in [0.2, 0.25) is 0 Å². The largest absolute Gasteiger partial charge is 0.409 e. The number of morpholine rings is 1. The third-order valence-corrected chi connectivity index (χ3v) is 2.40. The fraction of sp³-hybridized carbons (Fsp3) is 0.889. The van der Waals surface area contributed by atoms with Crippen LogP contribution in [0.4, 0.5) is 0 Å². The molecular formula is C9H20N4O2. The molecule has 0 aromatic carbocycles. The summed E-state index contributed by atoms with van der Waals surface area (Å²) in [6.07, 6.45) is 0. The zero-order chi connectivity index (χ0) is 11.1. The monoisotopic (exact) mass is 216 g/mol. The molecule has 0 radical (unpaired) electrons. The van der Waals surface area contributed by atoms with E-state index in [1.165, 1.54) is 0 Å². The molecule has 0 amide bonds. The summed E-state index contributed by atoms with van der Waals surface area (Å²) >= 11 is 0. The number of nitrogens with two attached hydrogens (primary N) is 1. The van der Waals surface area contributed by atoms with Gasteiger partial charge in [0.15, 0.2) is 5.84 Å². The van der Waals surface area contributed by atoms with Gasteiger partial charge in [-0.25, -0.2) is 0 Å². The Morgan fingerprint density at radius 1 is 1.60 bits per heavy atom. The first-order valence-electron chi connectivity index (χ1n) is 5.22. The number of rotatable bonds is 5. The second kappa shape index (κ2) is 6.60. The van der Waals surface area contributed by atoms with Crippen LogP contribution in [-0.4, -0.2) is 61.4 Å². The van der Waals surface area contributed by atoms with Crippen molar-refractivity contribution >= 4 is 5.84 Å². The van der Waals surface area contributed by atoms with Crippen LogP contribution in [0.2, 0.25) is 0 Å². The third kappa shape index (κ3) is 4.96. The minimum Gasteiger partial charge on any atom is -0.409 e. The minimum absolute atomic E-state index is 0.212. The lowest BCUT2D eigenvalue weighted by molar-refractivity contribution is 0.0346. The second-order valence-electron chi connectivity index (χ2n) is 3.79. The zero-order valence-corrected chi connectivity index (χ0v) is 9.15. The molecule has 6 nitrogen and oxygen atoms in total. The Bertz CT molecular complexity index is 204. The van der Waals surface area contributed by atoms with E-state index in [1.807, 2.05) is 0 Å². The molecule has 1 heterocycles. The Hall–Kier alpha value is -0.850. The first-order chi connectivity index (χ1) is 7.22. The molecule has 1 fully saturated rings. The van der Waals surface area contributed by atoms with E-state index in [2.05, 4.69) is 22.3 Å². The van der Waals surface area contributed by atoms with E-state index < -0.39 is 0 Å². The van der Waals surface area contributed by atoms with E-state index in [0.717, 1.165) is 32.8 Å². The molecule has 1 aliphatic rings. The molecule has 0 saturated carbocycles. The fourth-order valence-corrected chi connectivity index (χ4v) is 1.55. The molecule has 88 valence electrons. The van der Waals surface area contributed by atoms with Gasteiger partial charge in [-0.15, -0.1) is 0 Å². The Kier molecular flexibility index (Phi) is 5.38. The maximum Gasteiger partial charge on any atom is 0.153 e. The number of nitrogens with zero attached hydrogens (tertiary/aromatic N) is 2. The van der Waals surface area contributed by atoms with Crippen LogP contribution in [0.15, 0.2) is 5.16 Å². The summed E-state index contributed by atoms with van der Waals surface area (Å²) in [5, 5.41) is 14.5. The number of oxime groups is 1. The van der Waals surface area contributed by atoms with Crippen molar-refractivity contribution in [1.29, 1.82) is 0 Å². The average Bonchev–Trinajstić information content (AvgIpc) is 2.27. The molecule has 1 rings (SSSR count). The summed E-state index contributed by atoms with van der Waals surface area (Å²) in [6, 6.07) is 0.323. The molecule has 0 aliphatic carbocycles. The summed E-state index contributed by atoms with van der Waals surface area (Å²) in [5.41, 5.74) is 5.36. The SMILES string of the molecule is CC(CN1CCOCC1)NCC(N)=NO. The molecule has 0 bridgehead atoms. The number of nitrogens with one attached hydrogen (secondary N) is 1. The molecule has 0 aromatic rings. The quantitative estimate of drug-likeness (QED) is 0.239. The Balaban J connectivity index is 2.14. The lowest BCUT2D eigenvalue weighted by Gasteiger charge is -2.29. The van der Waals surface area contributed by atoms with E-state index in [4.69, 9.17) is 15.7 Å². The highest BCUT2D eigenvalue weighted by atomic mass is 16.5. The summed E-state index contributed by atoms with van der Waals surface area (Å²) in [6.45, 7) is 7.05. The van der Waals surface area contributed by atoms with Crippen molar-refractivity contribution < 1.29 is 9.94 Å². The number of hydrogen-bond donors (Lipinski definition) is 3. The van der Waals surface area contributed by atoms with Crippen LogP contribution in [0, 0.1) is 0 Å². The van der Waals surface area contributed by atoms with Crippen molar-refractivity contribution in [2.75, 3.05) is 39.4 Å². The number of ether oxygens (including phenoxy) is 1. The van der Waals surface area contributed by atoms with Crippen LogP contribution in [-0.2, 0) is 4.74 Å². The lowest BCUT2D eigenvalue weighted by Crippen LogP contribution is -2.46. The summed E-state index contributed by atoms with van der Waals surface area (Å²) in [4.78, 5) is 2.34. The molecule has 0 aromatic heterocycles. The van der Waals surface area contributed by atoms with Crippen molar-refractivity contribution in [3.8, 4) is 0 Å². The standard InChI is InChI=1S/C9H20N4O2/c1-8(11-6-9(10)12-14)7-13-2-4-15-5-3-13/h8,11,14H,2-7H2,1H3,(H2,10,12). The highest BCUT2D eigenvalue weighted by Gasteiger charge is 2.13. The first-order valence-corrected chi connectivity index (χ1v) is 5.22. The van der Waals surface area contributed by atoms with Crippen molar-refractivity contribution in [3.05, 3.63) is 0 Å². The van der Waals surface area contributed by atoms with E-state index in [1.54, 1.807) is 0 Å². The van der Waals surface area contributed by atoms with Gasteiger partial charge in [0.05, 0.1) is 19.8 Å². The lowest BCUT2D eigenvalue weighted by atomic mass is 10.3. The fourth-order valence-electron chi connectivity index (χ4n) is 1.55. The van der Waals surface area contributed by atoms with Crippen molar-refractivity contribution in [1.82, 2.24) is 10.2 Å². The minimum atomic E-state index is 0.212. The van der Waals surface area contributed by atoms with Gasteiger partial charge < -0.3 is 21.0 Å². The highest BCUT2D eigenvalue weighted by Crippen LogP contribution is 1.97. The van der Waals surface area contributed by atoms with Crippen LogP contribution >= 0.6 is 0 Å². The number of hydrogen-bond acceptors (Lipinski definition) is 5. The summed E-state index contributed by atoms with van der Waals surface area (Å²) in [5.74, 6) is 0.212. The molecule has 6 heteroatoms. The first kappa shape index (κ1) is 12.2. The van der Waals surface area contributed by atoms with Crippen molar-refractivity contribution in [2.24, 2.45) is 10.9 Å². The summed E-state index contributed by atoms with van der Waals surface area (Å²) < 4.78 is 5.26.